The molecule has 2 aromatic rings. The number of benzene rings is 1. The van der Waals surface area contributed by atoms with E-state index in [0.29, 0.717) is 24.7 Å². The van der Waals surface area contributed by atoms with Crippen molar-refractivity contribution in [2.45, 2.75) is 20.1 Å². The van der Waals surface area contributed by atoms with Crippen molar-refractivity contribution in [1.29, 1.82) is 0 Å². The summed E-state index contributed by atoms with van der Waals surface area (Å²) in [7, 11) is 0. The zero-order valence-corrected chi connectivity index (χ0v) is 14.0. The van der Waals surface area contributed by atoms with E-state index < -0.39 is 0 Å². The molecule has 108 valence electrons. The summed E-state index contributed by atoms with van der Waals surface area (Å²) in [6, 6.07) is 7.38. The average molecular weight is 378 g/mol. The van der Waals surface area contributed by atoms with E-state index in [1.165, 1.54) is 11.3 Å². The molecule has 3 nitrogen and oxygen atoms in total. The topological polar surface area (TPSA) is 38.7 Å². The molecule has 0 amide bonds. The van der Waals surface area contributed by atoms with E-state index in [9.17, 15) is 5.11 Å². The molecule has 0 saturated heterocycles. The lowest BCUT2D eigenvalue weighted by Crippen LogP contribution is -2.00. The Morgan fingerprint density at radius 3 is 2.70 bits per heavy atom. The van der Waals surface area contributed by atoms with Gasteiger partial charge in [0.15, 0.2) is 11.5 Å². The maximum atomic E-state index is 9.23. The number of hydrogen-bond donors (Lipinski definition) is 1. The lowest BCUT2D eigenvalue weighted by atomic mass is 10.2. The maximum Gasteiger partial charge on any atom is 0.175 e. The number of aliphatic hydroxyl groups excluding tert-OH is 1. The molecule has 0 aliphatic heterocycles. The summed E-state index contributed by atoms with van der Waals surface area (Å²) in [5.74, 6) is 1.25. The largest absolute Gasteiger partial charge is 0.490 e. The fourth-order valence-electron chi connectivity index (χ4n) is 1.69. The minimum atomic E-state index is -0.0422. The van der Waals surface area contributed by atoms with Crippen molar-refractivity contribution in [2.75, 3.05) is 6.61 Å². The fourth-order valence-corrected chi connectivity index (χ4v) is 3.29. The molecule has 0 radical (unpaired) electrons. The van der Waals surface area contributed by atoms with Gasteiger partial charge in [-0.05, 0) is 52.7 Å². The summed E-state index contributed by atoms with van der Waals surface area (Å²) in [5, 5.41) is 9.23. The van der Waals surface area contributed by atoms with E-state index in [4.69, 9.17) is 21.1 Å². The van der Waals surface area contributed by atoms with Crippen LogP contribution < -0.4 is 9.47 Å². The first-order valence-electron chi connectivity index (χ1n) is 6.07. The smallest absolute Gasteiger partial charge is 0.175 e. The van der Waals surface area contributed by atoms with Crippen LogP contribution in [-0.4, -0.2) is 11.7 Å². The monoisotopic (exact) mass is 376 g/mol. The van der Waals surface area contributed by atoms with Crippen molar-refractivity contribution in [3.63, 3.8) is 0 Å². The van der Waals surface area contributed by atoms with Crippen molar-refractivity contribution in [3.05, 3.63) is 43.5 Å². The molecule has 1 heterocycles. The normalized spacial score (nSPS) is 10.6. The summed E-state index contributed by atoms with van der Waals surface area (Å²) in [4.78, 5) is 1.04. The Hall–Kier alpha value is -0.750. The van der Waals surface area contributed by atoms with Crippen LogP contribution >= 0.6 is 38.9 Å². The van der Waals surface area contributed by atoms with Crippen LogP contribution in [0, 0.1) is 0 Å². The Morgan fingerprint density at radius 2 is 2.10 bits per heavy atom. The van der Waals surface area contributed by atoms with E-state index in [0.717, 1.165) is 19.2 Å². The highest BCUT2D eigenvalue weighted by Crippen LogP contribution is 2.38. The van der Waals surface area contributed by atoms with Gasteiger partial charge < -0.3 is 14.6 Å². The van der Waals surface area contributed by atoms with Gasteiger partial charge in [-0.15, -0.1) is 11.3 Å². The first kappa shape index (κ1) is 15.6. The van der Waals surface area contributed by atoms with Crippen molar-refractivity contribution in [1.82, 2.24) is 0 Å². The lowest BCUT2D eigenvalue weighted by molar-refractivity contribution is 0.263. The lowest BCUT2D eigenvalue weighted by Gasteiger charge is -2.14. The molecular formula is C14H14BrClO3S. The molecule has 0 bridgehead atoms. The van der Waals surface area contributed by atoms with Gasteiger partial charge in [0.2, 0.25) is 0 Å². The van der Waals surface area contributed by atoms with Gasteiger partial charge in [0.05, 0.1) is 22.0 Å². The number of hydrogen-bond acceptors (Lipinski definition) is 4. The molecule has 6 heteroatoms. The Labute approximate surface area is 135 Å². The third kappa shape index (κ3) is 3.88. The van der Waals surface area contributed by atoms with E-state index in [1.54, 1.807) is 6.07 Å². The highest BCUT2D eigenvalue weighted by Gasteiger charge is 2.12. The van der Waals surface area contributed by atoms with Crippen LogP contribution in [0.25, 0.3) is 0 Å². The molecule has 0 fully saturated rings. The van der Waals surface area contributed by atoms with Crippen LogP contribution in [0.15, 0.2) is 28.7 Å². The molecule has 1 aromatic carbocycles. The summed E-state index contributed by atoms with van der Waals surface area (Å²) < 4.78 is 12.9. The Kier molecular flexibility index (Phi) is 5.72. The average Bonchev–Trinajstić information content (AvgIpc) is 2.83. The molecular weight excluding hydrogens is 364 g/mol. The van der Waals surface area contributed by atoms with Gasteiger partial charge in [-0.3, -0.25) is 0 Å². The van der Waals surface area contributed by atoms with Crippen molar-refractivity contribution < 1.29 is 14.6 Å². The third-order valence-corrected chi connectivity index (χ3v) is 4.33. The van der Waals surface area contributed by atoms with Gasteiger partial charge in [-0.1, -0.05) is 11.6 Å². The van der Waals surface area contributed by atoms with Crippen molar-refractivity contribution in [2.24, 2.45) is 0 Å². The quantitative estimate of drug-likeness (QED) is 0.797. The Morgan fingerprint density at radius 1 is 1.30 bits per heavy atom. The predicted octanol–water partition coefficient (Wildman–Crippen LogP) is 4.63. The SMILES string of the molecule is CCOc1cc(CO)cc(Br)c1OCc1ccc(Cl)s1. The molecule has 1 aromatic heterocycles. The van der Waals surface area contributed by atoms with Crippen LogP contribution in [0.1, 0.15) is 17.4 Å². The van der Waals surface area contributed by atoms with Crippen molar-refractivity contribution in [3.8, 4) is 11.5 Å². The van der Waals surface area contributed by atoms with Crippen molar-refractivity contribution >= 4 is 38.9 Å². The predicted molar refractivity (Wildman–Crippen MR) is 84.9 cm³/mol. The molecule has 1 N–H and O–H groups in total. The molecule has 0 unspecified atom stereocenters. The first-order chi connectivity index (χ1) is 9.63. The maximum absolute atomic E-state index is 9.23. The van der Waals surface area contributed by atoms with Crippen LogP contribution in [-0.2, 0) is 13.2 Å². The Bertz CT molecular complexity index is 586. The van der Waals surface area contributed by atoms with Crippen LogP contribution in [0.3, 0.4) is 0 Å². The molecule has 0 aliphatic rings. The number of rotatable bonds is 6. The highest BCUT2D eigenvalue weighted by molar-refractivity contribution is 9.10. The second kappa shape index (κ2) is 7.31. The fraction of sp³-hybridized carbons (Fsp3) is 0.286. The number of ether oxygens (including phenoxy) is 2. The second-order valence-corrected chi connectivity index (χ2v) is 6.64. The zero-order valence-electron chi connectivity index (χ0n) is 10.9. The second-order valence-electron chi connectivity index (χ2n) is 3.99. The minimum Gasteiger partial charge on any atom is -0.490 e. The summed E-state index contributed by atoms with van der Waals surface area (Å²) in [5.41, 5.74) is 0.770. The van der Waals surface area contributed by atoms with E-state index in [-0.39, 0.29) is 6.61 Å². The van der Waals surface area contributed by atoms with Gasteiger partial charge in [0.25, 0.3) is 0 Å². The van der Waals surface area contributed by atoms with Gasteiger partial charge in [0.1, 0.15) is 6.61 Å². The molecule has 20 heavy (non-hydrogen) atoms. The van der Waals surface area contributed by atoms with Crippen LogP contribution in [0.2, 0.25) is 4.34 Å². The van der Waals surface area contributed by atoms with Gasteiger partial charge >= 0.3 is 0 Å². The number of halogens is 2. The number of thiophene rings is 1. The standard InChI is InChI=1S/C14H14BrClO3S/c1-2-18-12-6-9(7-17)5-11(15)14(12)19-8-10-3-4-13(16)20-10/h3-6,17H,2,7-8H2,1H3. The molecule has 0 aliphatic carbocycles. The summed E-state index contributed by atoms with van der Waals surface area (Å²) >= 11 is 10.8. The Balaban J connectivity index is 2.20. The minimum absolute atomic E-state index is 0.0422. The summed E-state index contributed by atoms with van der Waals surface area (Å²) in [6.45, 7) is 2.82. The van der Waals surface area contributed by atoms with E-state index in [1.807, 2.05) is 25.1 Å². The van der Waals surface area contributed by atoms with Gasteiger partial charge in [-0.25, -0.2) is 0 Å². The molecule has 2 rings (SSSR count). The van der Waals surface area contributed by atoms with Crippen LogP contribution in [0.5, 0.6) is 11.5 Å². The van der Waals surface area contributed by atoms with Crippen LogP contribution in [0.4, 0.5) is 0 Å². The first-order valence-corrected chi connectivity index (χ1v) is 8.06. The molecule has 0 spiro atoms. The zero-order chi connectivity index (χ0) is 14.5. The third-order valence-electron chi connectivity index (χ3n) is 2.54. The van der Waals surface area contributed by atoms with Gasteiger partial charge in [-0.2, -0.15) is 0 Å². The molecule has 0 atom stereocenters. The van der Waals surface area contributed by atoms with Gasteiger partial charge in [0, 0.05) is 4.88 Å². The highest BCUT2D eigenvalue weighted by atomic mass is 79.9. The van der Waals surface area contributed by atoms with E-state index >= 15 is 0 Å². The number of aliphatic hydroxyl groups is 1. The van der Waals surface area contributed by atoms with E-state index in [2.05, 4.69) is 15.9 Å². The summed E-state index contributed by atoms with van der Waals surface area (Å²) in [6.07, 6.45) is 0. The molecule has 0 saturated carbocycles.